The molecule has 7 nitrogen and oxygen atoms in total. The van der Waals surface area contributed by atoms with Crippen molar-refractivity contribution in [1.29, 1.82) is 0 Å². The van der Waals surface area contributed by atoms with Crippen LogP contribution >= 0.6 is 0 Å². The number of anilines is 1. The fourth-order valence-electron chi connectivity index (χ4n) is 3.62. The fraction of sp³-hybridized carbons (Fsp3) is 0.476. The van der Waals surface area contributed by atoms with Gasteiger partial charge in [0.15, 0.2) is 5.79 Å². The summed E-state index contributed by atoms with van der Waals surface area (Å²) in [6, 6.07) is 9.83. The van der Waals surface area contributed by atoms with Crippen LogP contribution < -0.4 is 10.2 Å². The van der Waals surface area contributed by atoms with E-state index in [1.165, 1.54) is 5.56 Å². The van der Waals surface area contributed by atoms with Crippen LogP contribution in [-0.4, -0.2) is 48.0 Å². The van der Waals surface area contributed by atoms with Gasteiger partial charge in [0.2, 0.25) is 5.95 Å². The van der Waals surface area contributed by atoms with E-state index in [0.717, 1.165) is 37.2 Å². The third kappa shape index (κ3) is 4.15. The second-order valence-corrected chi connectivity index (χ2v) is 7.46. The van der Waals surface area contributed by atoms with Gasteiger partial charge in [-0.3, -0.25) is 4.79 Å². The molecule has 2 saturated heterocycles. The quantitative estimate of drug-likeness (QED) is 0.875. The molecule has 2 fully saturated rings. The van der Waals surface area contributed by atoms with E-state index in [1.54, 1.807) is 6.07 Å². The van der Waals surface area contributed by atoms with Crippen molar-refractivity contribution in [2.24, 2.45) is 0 Å². The van der Waals surface area contributed by atoms with Crippen molar-refractivity contribution >= 4 is 11.9 Å². The Hall–Kier alpha value is -2.51. The Kier molecular flexibility index (Phi) is 5.28. The molecular weight excluding hydrogens is 356 g/mol. The summed E-state index contributed by atoms with van der Waals surface area (Å²) in [5.74, 6) is -0.0363. The predicted octanol–water partition coefficient (Wildman–Crippen LogP) is 2.37. The molecule has 7 heteroatoms. The summed E-state index contributed by atoms with van der Waals surface area (Å²) in [5, 5.41) is 2.94. The molecule has 2 aliphatic rings. The Morgan fingerprint density at radius 2 is 1.79 bits per heavy atom. The molecule has 1 amide bonds. The summed E-state index contributed by atoms with van der Waals surface area (Å²) in [5.41, 5.74) is 3.42. The van der Waals surface area contributed by atoms with Crippen molar-refractivity contribution in [2.75, 3.05) is 31.2 Å². The number of hydrogen-bond donors (Lipinski definition) is 1. The van der Waals surface area contributed by atoms with Crippen LogP contribution in [0.25, 0.3) is 0 Å². The largest absolute Gasteiger partial charge is 0.347 e. The number of aryl methyl sites for hydroxylation is 2. The molecule has 1 N–H and O–H groups in total. The highest BCUT2D eigenvalue weighted by molar-refractivity contribution is 5.92. The number of carbonyl (C=O) groups is 1. The van der Waals surface area contributed by atoms with E-state index in [0.29, 0.717) is 31.4 Å². The van der Waals surface area contributed by atoms with Crippen molar-refractivity contribution in [3.63, 3.8) is 0 Å². The molecule has 1 aromatic carbocycles. The second kappa shape index (κ2) is 7.85. The van der Waals surface area contributed by atoms with E-state index < -0.39 is 5.79 Å². The van der Waals surface area contributed by atoms with Gasteiger partial charge >= 0.3 is 0 Å². The summed E-state index contributed by atoms with van der Waals surface area (Å²) < 4.78 is 11.6. The van der Waals surface area contributed by atoms with Gasteiger partial charge in [0.25, 0.3) is 5.91 Å². The molecule has 0 bridgehead atoms. The molecule has 28 heavy (non-hydrogen) atoms. The summed E-state index contributed by atoms with van der Waals surface area (Å²) in [6.45, 7) is 7.20. The van der Waals surface area contributed by atoms with Crippen LogP contribution in [0.5, 0.6) is 0 Å². The maximum atomic E-state index is 12.6. The standard InChI is InChI=1S/C21H26N4O3/c1-15-3-5-17(6-4-15)14-22-19(26)18-13-16(2)23-20(24-18)25-9-7-21(8-10-25)27-11-12-28-21/h3-6,13H,7-12,14H2,1-2H3,(H,22,26). The third-order valence-corrected chi connectivity index (χ3v) is 5.27. The lowest BCUT2D eigenvalue weighted by Crippen LogP contribution is -2.45. The zero-order chi connectivity index (χ0) is 19.6. The first-order valence-corrected chi connectivity index (χ1v) is 9.75. The Morgan fingerprint density at radius 3 is 2.46 bits per heavy atom. The summed E-state index contributed by atoms with van der Waals surface area (Å²) >= 11 is 0. The number of nitrogens with one attached hydrogen (secondary N) is 1. The Bertz CT molecular complexity index is 837. The van der Waals surface area contributed by atoms with Gasteiger partial charge in [-0.15, -0.1) is 0 Å². The van der Waals surface area contributed by atoms with Crippen molar-refractivity contribution in [2.45, 2.75) is 39.0 Å². The summed E-state index contributed by atoms with van der Waals surface area (Å²) in [6.07, 6.45) is 1.55. The van der Waals surface area contributed by atoms with E-state index in [2.05, 4.69) is 20.2 Å². The lowest BCUT2D eigenvalue weighted by Gasteiger charge is -2.37. The number of rotatable bonds is 4. The van der Waals surface area contributed by atoms with Gasteiger partial charge in [0.05, 0.1) is 13.2 Å². The number of nitrogens with zero attached hydrogens (tertiary/aromatic N) is 3. The Balaban J connectivity index is 1.41. The van der Waals surface area contributed by atoms with Crippen LogP contribution in [0.1, 0.15) is 40.2 Å². The minimum absolute atomic E-state index is 0.191. The first-order valence-electron chi connectivity index (χ1n) is 9.75. The van der Waals surface area contributed by atoms with Crippen LogP contribution in [0.3, 0.4) is 0 Å². The van der Waals surface area contributed by atoms with Gasteiger partial charge in [0, 0.05) is 38.2 Å². The number of hydrogen-bond acceptors (Lipinski definition) is 6. The van der Waals surface area contributed by atoms with Crippen molar-refractivity contribution in [1.82, 2.24) is 15.3 Å². The molecule has 1 spiro atoms. The molecule has 0 aliphatic carbocycles. The average molecular weight is 382 g/mol. The second-order valence-electron chi connectivity index (χ2n) is 7.46. The molecule has 2 aromatic rings. The van der Waals surface area contributed by atoms with Gasteiger partial charge in [-0.25, -0.2) is 9.97 Å². The zero-order valence-corrected chi connectivity index (χ0v) is 16.4. The topological polar surface area (TPSA) is 76.6 Å². The number of benzene rings is 1. The highest BCUT2D eigenvalue weighted by Crippen LogP contribution is 2.32. The Labute approximate surface area is 165 Å². The maximum Gasteiger partial charge on any atom is 0.270 e. The van der Waals surface area contributed by atoms with Crippen LogP contribution in [-0.2, 0) is 16.0 Å². The van der Waals surface area contributed by atoms with Crippen LogP contribution in [0.2, 0.25) is 0 Å². The smallest absolute Gasteiger partial charge is 0.270 e. The number of amides is 1. The molecule has 0 saturated carbocycles. The molecule has 0 unspecified atom stereocenters. The van der Waals surface area contributed by atoms with Crippen molar-refractivity contribution in [3.8, 4) is 0 Å². The normalized spacial score (nSPS) is 18.4. The number of piperidine rings is 1. The average Bonchev–Trinajstić information content (AvgIpc) is 3.15. The lowest BCUT2D eigenvalue weighted by molar-refractivity contribution is -0.169. The minimum Gasteiger partial charge on any atom is -0.347 e. The number of ether oxygens (including phenoxy) is 2. The van der Waals surface area contributed by atoms with E-state index in [-0.39, 0.29) is 5.91 Å². The highest BCUT2D eigenvalue weighted by Gasteiger charge is 2.40. The van der Waals surface area contributed by atoms with E-state index >= 15 is 0 Å². The molecule has 2 aliphatic heterocycles. The third-order valence-electron chi connectivity index (χ3n) is 5.27. The maximum absolute atomic E-state index is 12.6. The van der Waals surface area contributed by atoms with Crippen LogP contribution in [0.15, 0.2) is 30.3 Å². The first-order chi connectivity index (χ1) is 13.5. The zero-order valence-electron chi connectivity index (χ0n) is 16.4. The molecule has 0 atom stereocenters. The number of carbonyl (C=O) groups excluding carboxylic acids is 1. The van der Waals surface area contributed by atoms with E-state index in [4.69, 9.17) is 9.47 Å². The monoisotopic (exact) mass is 382 g/mol. The fourth-order valence-corrected chi connectivity index (χ4v) is 3.62. The van der Waals surface area contributed by atoms with Crippen molar-refractivity contribution < 1.29 is 14.3 Å². The first kappa shape index (κ1) is 18.8. The molecular formula is C21H26N4O3. The van der Waals surface area contributed by atoms with Gasteiger partial charge in [-0.1, -0.05) is 29.8 Å². The van der Waals surface area contributed by atoms with Crippen LogP contribution in [0.4, 0.5) is 5.95 Å². The van der Waals surface area contributed by atoms with Crippen molar-refractivity contribution in [3.05, 3.63) is 52.8 Å². The molecule has 3 heterocycles. The summed E-state index contributed by atoms with van der Waals surface area (Å²) in [7, 11) is 0. The molecule has 0 radical (unpaired) electrons. The summed E-state index contributed by atoms with van der Waals surface area (Å²) in [4.78, 5) is 23.8. The number of aromatic nitrogens is 2. The van der Waals surface area contributed by atoms with Gasteiger partial charge in [-0.2, -0.15) is 0 Å². The minimum atomic E-state index is -0.436. The highest BCUT2D eigenvalue weighted by atomic mass is 16.7. The van der Waals surface area contributed by atoms with Crippen LogP contribution in [0, 0.1) is 13.8 Å². The molecule has 1 aromatic heterocycles. The Morgan fingerprint density at radius 1 is 1.11 bits per heavy atom. The van der Waals surface area contributed by atoms with E-state index in [1.807, 2.05) is 38.1 Å². The van der Waals surface area contributed by atoms with Gasteiger partial charge in [0.1, 0.15) is 5.69 Å². The molecule has 4 rings (SSSR count). The lowest BCUT2D eigenvalue weighted by atomic mass is 10.0. The predicted molar refractivity (Wildman–Crippen MR) is 105 cm³/mol. The van der Waals surface area contributed by atoms with Gasteiger partial charge in [-0.05, 0) is 25.5 Å². The van der Waals surface area contributed by atoms with E-state index in [9.17, 15) is 4.79 Å². The SMILES string of the molecule is Cc1ccc(CNC(=O)c2cc(C)nc(N3CCC4(CC3)OCCO4)n2)cc1. The molecule has 148 valence electrons. The van der Waals surface area contributed by atoms with Gasteiger partial charge < -0.3 is 19.7 Å².